The highest BCUT2D eigenvalue weighted by molar-refractivity contribution is 6.08. The van der Waals surface area contributed by atoms with Crippen LogP contribution in [0.1, 0.15) is 24.6 Å². The molecule has 1 saturated carbocycles. The van der Waals surface area contributed by atoms with Crippen molar-refractivity contribution in [3.05, 3.63) is 24.3 Å². The summed E-state index contributed by atoms with van der Waals surface area (Å²) in [6.07, 6.45) is 3.87. The minimum atomic E-state index is -0.871. The Morgan fingerprint density at radius 1 is 1.29 bits per heavy atom. The molecule has 108 valence electrons. The molecule has 1 unspecified atom stereocenters. The summed E-state index contributed by atoms with van der Waals surface area (Å²) in [5, 5.41) is 5.18. The Labute approximate surface area is 119 Å². The van der Waals surface area contributed by atoms with Gasteiger partial charge < -0.3 is 10.2 Å². The Morgan fingerprint density at radius 3 is 2.76 bits per heavy atom. The molecule has 4 fully saturated rings. The van der Waals surface area contributed by atoms with Gasteiger partial charge in [-0.3, -0.25) is 14.9 Å². The van der Waals surface area contributed by atoms with Crippen LogP contribution in [0.2, 0.25) is 0 Å². The van der Waals surface area contributed by atoms with E-state index in [1.807, 2.05) is 0 Å². The minimum absolute atomic E-state index is 0.159. The molecule has 1 aromatic heterocycles. The zero-order chi connectivity index (χ0) is 14.6. The summed E-state index contributed by atoms with van der Waals surface area (Å²) in [7, 11) is 0. The third-order valence-electron chi connectivity index (χ3n) is 4.58. The predicted molar refractivity (Wildman–Crippen MR) is 68.6 cm³/mol. The Hall–Kier alpha value is -2.51. The van der Waals surface area contributed by atoms with E-state index >= 15 is 0 Å². The number of piperidine rings is 2. The summed E-state index contributed by atoms with van der Waals surface area (Å²) in [6.45, 7) is 0.365. The number of imide groups is 1. The van der Waals surface area contributed by atoms with Gasteiger partial charge in [0.05, 0.1) is 11.7 Å². The second-order valence-corrected chi connectivity index (χ2v) is 5.70. The largest absolute Gasteiger partial charge is 0.328 e. The number of urea groups is 1. The normalized spacial score (nSPS) is 34.3. The van der Waals surface area contributed by atoms with Crippen LogP contribution in [0, 0.1) is 5.92 Å². The van der Waals surface area contributed by atoms with Gasteiger partial charge in [0.1, 0.15) is 11.9 Å². The summed E-state index contributed by atoms with van der Waals surface area (Å²) < 4.78 is 0. The number of hydrogen-bond donors (Lipinski definition) is 2. The number of carbonyl (C=O) groups is 3. The molecule has 0 spiro atoms. The summed E-state index contributed by atoms with van der Waals surface area (Å²) in [4.78, 5) is 45.4. The number of rotatable bonds is 2. The van der Waals surface area contributed by atoms with Gasteiger partial charge in [0.2, 0.25) is 5.91 Å². The van der Waals surface area contributed by atoms with E-state index in [1.165, 1.54) is 11.2 Å². The quantitative estimate of drug-likeness (QED) is 0.703. The van der Waals surface area contributed by atoms with Gasteiger partial charge in [0.25, 0.3) is 5.91 Å². The van der Waals surface area contributed by atoms with E-state index < -0.39 is 5.54 Å². The minimum Gasteiger partial charge on any atom is -0.328 e. The molecule has 4 aliphatic rings. The maximum absolute atomic E-state index is 12.2. The first-order valence-corrected chi connectivity index (χ1v) is 6.79. The van der Waals surface area contributed by atoms with Gasteiger partial charge in [-0.2, -0.15) is 0 Å². The summed E-state index contributed by atoms with van der Waals surface area (Å²) in [5.41, 5.74) is -0.162. The number of hydrogen-bond acceptors (Lipinski definition) is 5. The fourth-order valence-corrected chi connectivity index (χ4v) is 3.38. The van der Waals surface area contributed by atoms with Crippen LogP contribution in [0.3, 0.4) is 0 Å². The molecule has 4 amide bonds. The van der Waals surface area contributed by atoms with Crippen molar-refractivity contribution in [3.63, 3.8) is 0 Å². The average molecular weight is 287 g/mol. The van der Waals surface area contributed by atoms with Gasteiger partial charge in [-0.25, -0.2) is 14.8 Å². The van der Waals surface area contributed by atoms with Crippen LogP contribution in [-0.2, 0) is 9.59 Å². The number of nitrogens with one attached hydrogen (secondary N) is 2. The van der Waals surface area contributed by atoms with E-state index in [2.05, 4.69) is 20.6 Å². The second kappa shape index (κ2) is 4.00. The van der Waals surface area contributed by atoms with Crippen LogP contribution >= 0.6 is 0 Å². The monoisotopic (exact) mass is 287 g/mol. The number of amides is 4. The molecule has 8 nitrogen and oxygen atoms in total. The smallest absolute Gasteiger partial charge is 0.318 e. The van der Waals surface area contributed by atoms with Crippen LogP contribution in [0.5, 0.6) is 0 Å². The molecule has 1 aromatic rings. The number of carbonyl (C=O) groups excluding carboxylic acids is 3. The molecule has 3 aliphatic heterocycles. The van der Waals surface area contributed by atoms with Crippen LogP contribution in [-0.4, -0.2) is 44.8 Å². The van der Waals surface area contributed by atoms with Crippen LogP contribution in [0.25, 0.3) is 0 Å². The van der Waals surface area contributed by atoms with Gasteiger partial charge in [0.15, 0.2) is 0 Å². The van der Waals surface area contributed by atoms with Crippen molar-refractivity contribution in [2.24, 2.45) is 5.92 Å². The van der Waals surface area contributed by atoms with Gasteiger partial charge in [0, 0.05) is 18.7 Å². The topological polar surface area (TPSA) is 104 Å². The van der Waals surface area contributed by atoms with Crippen molar-refractivity contribution >= 4 is 17.8 Å². The lowest BCUT2D eigenvalue weighted by atomic mass is 9.63. The first-order chi connectivity index (χ1) is 10.1. The highest BCUT2D eigenvalue weighted by atomic mass is 16.2. The number of nitrogens with zero attached hydrogens (tertiary/aromatic N) is 3. The first-order valence-electron chi connectivity index (χ1n) is 6.79. The van der Waals surface area contributed by atoms with Crippen LogP contribution < -0.4 is 10.6 Å². The third-order valence-corrected chi connectivity index (χ3v) is 4.58. The van der Waals surface area contributed by atoms with E-state index in [0.29, 0.717) is 25.1 Å². The van der Waals surface area contributed by atoms with E-state index in [-0.39, 0.29) is 29.8 Å². The maximum atomic E-state index is 12.2. The van der Waals surface area contributed by atoms with E-state index in [0.717, 1.165) is 0 Å². The fourth-order valence-electron chi connectivity index (χ4n) is 3.38. The lowest BCUT2D eigenvalue weighted by molar-refractivity contribution is -0.159. The second-order valence-electron chi connectivity index (χ2n) is 5.70. The Bertz CT molecular complexity index is 640. The highest BCUT2D eigenvalue weighted by Gasteiger charge is 2.63. The third kappa shape index (κ3) is 1.58. The van der Waals surface area contributed by atoms with Crippen LogP contribution in [0.4, 0.5) is 4.79 Å². The lowest BCUT2D eigenvalue weighted by Crippen LogP contribution is -2.73. The van der Waals surface area contributed by atoms with Crippen LogP contribution in [0.15, 0.2) is 18.6 Å². The van der Waals surface area contributed by atoms with Crippen molar-refractivity contribution < 1.29 is 14.4 Å². The zero-order valence-corrected chi connectivity index (χ0v) is 11.1. The zero-order valence-electron chi connectivity index (χ0n) is 11.1. The van der Waals surface area contributed by atoms with Crippen molar-refractivity contribution in [2.75, 3.05) is 6.54 Å². The summed E-state index contributed by atoms with van der Waals surface area (Å²) >= 11 is 0. The Morgan fingerprint density at radius 2 is 2.10 bits per heavy atom. The van der Waals surface area contributed by atoms with Crippen molar-refractivity contribution in [3.8, 4) is 0 Å². The van der Waals surface area contributed by atoms with Crippen molar-refractivity contribution in [1.82, 2.24) is 25.5 Å². The standard InChI is InChI=1S/C13H13N5O3/c19-10-7-3-13(4-7,11(20)17-10)18-5-9(16-12(18)21)8-1-2-14-6-15-8/h1-2,6-7,9H,3-5H2,(H,16,21)(H,17,19,20). The van der Waals surface area contributed by atoms with E-state index in [1.54, 1.807) is 12.3 Å². The number of fused-ring (bicyclic) bond motifs is 2. The molecular formula is C13H13N5O3. The van der Waals surface area contributed by atoms with Gasteiger partial charge in [-0.15, -0.1) is 0 Å². The summed E-state index contributed by atoms with van der Waals surface area (Å²) in [6, 6.07) is 1.18. The molecule has 21 heavy (non-hydrogen) atoms. The maximum Gasteiger partial charge on any atom is 0.318 e. The molecule has 8 heteroatoms. The fraction of sp³-hybridized carbons (Fsp3) is 0.462. The molecule has 0 aromatic carbocycles. The molecule has 1 atom stereocenters. The Balaban J connectivity index is 1.59. The molecule has 2 bridgehead atoms. The molecular weight excluding hydrogens is 274 g/mol. The van der Waals surface area contributed by atoms with E-state index in [4.69, 9.17) is 0 Å². The first kappa shape index (κ1) is 12.2. The lowest BCUT2D eigenvalue weighted by Gasteiger charge is -2.53. The van der Waals surface area contributed by atoms with Gasteiger partial charge >= 0.3 is 6.03 Å². The summed E-state index contributed by atoms with van der Waals surface area (Å²) in [5.74, 6) is -0.754. The molecule has 1 aliphatic carbocycles. The van der Waals surface area contributed by atoms with Gasteiger partial charge in [-0.1, -0.05) is 0 Å². The van der Waals surface area contributed by atoms with Crippen molar-refractivity contribution in [1.29, 1.82) is 0 Å². The molecule has 0 radical (unpaired) electrons. The number of aromatic nitrogens is 2. The average Bonchev–Trinajstić information content (AvgIpc) is 2.81. The SMILES string of the molecule is O=C1NC(=O)C2(N3CC(c4ccncn4)NC3=O)CC1C2. The molecule has 3 saturated heterocycles. The predicted octanol–water partition coefficient (Wildman–Crippen LogP) is -0.652. The Kier molecular flexibility index (Phi) is 2.33. The van der Waals surface area contributed by atoms with Gasteiger partial charge in [-0.05, 0) is 18.9 Å². The molecule has 5 rings (SSSR count). The molecule has 4 heterocycles. The van der Waals surface area contributed by atoms with E-state index in [9.17, 15) is 14.4 Å². The van der Waals surface area contributed by atoms with Crippen molar-refractivity contribution in [2.45, 2.75) is 24.4 Å². The molecule has 2 N–H and O–H groups in total. The highest BCUT2D eigenvalue weighted by Crippen LogP contribution is 2.47.